The second-order valence-electron chi connectivity index (χ2n) is 4.16. The molecule has 0 N–H and O–H groups in total. The summed E-state index contributed by atoms with van der Waals surface area (Å²) < 4.78 is 163. The van der Waals surface area contributed by atoms with E-state index in [-0.39, 0.29) is 6.92 Å². The van der Waals surface area contributed by atoms with Gasteiger partial charge in [-0.05, 0) is 12.5 Å². The molecule has 0 aliphatic rings. The first kappa shape index (κ1) is 20.8. The minimum Gasteiger partial charge on any atom is -0.225 e. The monoisotopic (exact) mass is 360 g/mol. The molecule has 1 unspecified atom stereocenters. The molecule has 0 rings (SSSR count). The summed E-state index contributed by atoms with van der Waals surface area (Å²) in [6.07, 6.45) is -14.5. The normalized spacial score (nSPS) is 18.1. The summed E-state index contributed by atoms with van der Waals surface area (Å²) >= 11 is 0. The van der Waals surface area contributed by atoms with Crippen LogP contribution in [0.4, 0.5) is 57.1 Å². The minimum absolute atomic E-state index is 0.306. The van der Waals surface area contributed by atoms with E-state index in [1.807, 2.05) is 6.58 Å². The molecule has 132 valence electrons. The Balaban J connectivity index is 6.61. The summed E-state index contributed by atoms with van der Waals surface area (Å²) in [6.45, 7) is 1.63. The maximum atomic E-state index is 13.7. The molecule has 0 fully saturated rings. The van der Waals surface area contributed by atoms with Crippen LogP contribution in [0.5, 0.6) is 0 Å². The Kier molecular flexibility index (Phi) is 4.65. The maximum Gasteiger partial charge on any atom is 0.460 e. The SMILES string of the molecule is C=C(C)C(F)(C(F)(F)C(F)(F)F)C(F)(F)C(F)(F)C(F)(F)F. The van der Waals surface area contributed by atoms with Crippen molar-refractivity contribution >= 4 is 0 Å². The molecule has 0 saturated carbocycles. The Morgan fingerprint density at radius 2 is 0.818 bits per heavy atom. The van der Waals surface area contributed by atoms with E-state index in [0.717, 1.165) is 0 Å². The van der Waals surface area contributed by atoms with Crippen LogP contribution in [0.3, 0.4) is 0 Å². The molecule has 22 heavy (non-hydrogen) atoms. The summed E-state index contributed by atoms with van der Waals surface area (Å²) in [5, 5.41) is 0. The average Bonchev–Trinajstić information content (AvgIpc) is 2.23. The Bertz CT molecular complexity index is 439. The molecule has 13 heteroatoms. The molecule has 0 saturated heterocycles. The highest BCUT2D eigenvalue weighted by Gasteiger charge is 2.90. The van der Waals surface area contributed by atoms with E-state index < -0.39 is 41.4 Å². The molecular formula is C9H5F13. The summed E-state index contributed by atoms with van der Waals surface area (Å²) in [6, 6.07) is 0. The zero-order valence-electron chi connectivity index (χ0n) is 10.1. The maximum absolute atomic E-state index is 13.7. The molecule has 0 aliphatic carbocycles. The van der Waals surface area contributed by atoms with Crippen LogP contribution >= 0.6 is 0 Å². The lowest BCUT2D eigenvalue weighted by Crippen LogP contribution is -2.71. The van der Waals surface area contributed by atoms with Gasteiger partial charge in [0.05, 0.1) is 0 Å². The van der Waals surface area contributed by atoms with E-state index in [2.05, 4.69) is 0 Å². The van der Waals surface area contributed by atoms with Crippen molar-refractivity contribution in [2.75, 3.05) is 0 Å². The molecular weight excluding hydrogens is 355 g/mol. The summed E-state index contributed by atoms with van der Waals surface area (Å²) in [5.41, 5.74) is -9.30. The Hall–Kier alpha value is -1.17. The molecule has 0 amide bonds. The third-order valence-corrected chi connectivity index (χ3v) is 2.56. The van der Waals surface area contributed by atoms with E-state index >= 15 is 0 Å². The van der Waals surface area contributed by atoms with Gasteiger partial charge in [0.15, 0.2) is 0 Å². The van der Waals surface area contributed by atoms with Crippen LogP contribution in [0.25, 0.3) is 0 Å². The topological polar surface area (TPSA) is 0 Å². The number of allylic oxidation sites excluding steroid dienone is 1. The van der Waals surface area contributed by atoms with Gasteiger partial charge >= 0.3 is 30.1 Å². The van der Waals surface area contributed by atoms with Crippen molar-refractivity contribution in [3.63, 3.8) is 0 Å². The van der Waals surface area contributed by atoms with E-state index in [9.17, 15) is 57.1 Å². The van der Waals surface area contributed by atoms with Gasteiger partial charge in [0.25, 0.3) is 5.67 Å². The number of hydrogen-bond donors (Lipinski definition) is 0. The van der Waals surface area contributed by atoms with Crippen molar-refractivity contribution in [3.8, 4) is 0 Å². The largest absolute Gasteiger partial charge is 0.460 e. The number of hydrogen-bond acceptors (Lipinski definition) is 0. The summed E-state index contributed by atoms with van der Waals surface area (Å²) in [7, 11) is 0. The second kappa shape index (κ2) is 4.91. The molecule has 1 atom stereocenters. The molecule has 0 bridgehead atoms. The number of rotatable bonds is 4. The summed E-state index contributed by atoms with van der Waals surface area (Å²) in [5.74, 6) is -22.3. The van der Waals surface area contributed by atoms with Crippen molar-refractivity contribution in [3.05, 3.63) is 12.2 Å². The van der Waals surface area contributed by atoms with Gasteiger partial charge in [0.1, 0.15) is 0 Å². The van der Waals surface area contributed by atoms with Gasteiger partial charge in [-0.2, -0.15) is 52.7 Å². The van der Waals surface area contributed by atoms with Crippen LogP contribution < -0.4 is 0 Å². The van der Waals surface area contributed by atoms with Crippen LogP contribution in [0, 0.1) is 0 Å². The van der Waals surface area contributed by atoms with Gasteiger partial charge in [0, 0.05) is 0 Å². The molecule has 0 aromatic carbocycles. The summed E-state index contributed by atoms with van der Waals surface area (Å²) in [4.78, 5) is 0. The van der Waals surface area contributed by atoms with Crippen molar-refractivity contribution in [1.82, 2.24) is 0 Å². The van der Waals surface area contributed by atoms with Crippen LogP contribution in [0.15, 0.2) is 12.2 Å². The van der Waals surface area contributed by atoms with E-state index in [4.69, 9.17) is 0 Å². The lowest BCUT2D eigenvalue weighted by Gasteiger charge is -2.42. The molecule has 0 radical (unpaired) electrons. The second-order valence-corrected chi connectivity index (χ2v) is 4.16. The van der Waals surface area contributed by atoms with E-state index in [1.54, 1.807) is 0 Å². The van der Waals surface area contributed by atoms with E-state index in [0.29, 0.717) is 0 Å². The smallest absolute Gasteiger partial charge is 0.225 e. The standard InChI is InChI=1S/C9H5F13/c1-3(2)4(10,6(13,14)8(17,18)19)5(11,12)7(15,16)9(20,21)22/h1H2,2H3. The minimum atomic E-state index is -7.53. The molecule has 0 nitrogen and oxygen atoms in total. The van der Waals surface area contributed by atoms with Crippen molar-refractivity contribution in [2.24, 2.45) is 0 Å². The third-order valence-electron chi connectivity index (χ3n) is 2.56. The lowest BCUT2D eigenvalue weighted by atomic mass is 9.80. The van der Waals surface area contributed by atoms with Crippen LogP contribution in [0.2, 0.25) is 0 Å². The van der Waals surface area contributed by atoms with Crippen molar-refractivity contribution < 1.29 is 57.1 Å². The first-order valence-corrected chi connectivity index (χ1v) is 4.81. The molecule has 0 spiro atoms. The van der Waals surface area contributed by atoms with Crippen LogP contribution in [-0.2, 0) is 0 Å². The fraction of sp³-hybridized carbons (Fsp3) is 0.778. The highest BCUT2D eigenvalue weighted by Crippen LogP contribution is 2.61. The Labute approximate surface area is 113 Å². The van der Waals surface area contributed by atoms with Gasteiger partial charge < -0.3 is 0 Å². The lowest BCUT2D eigenvalue weighted by molar-refractivity contribution is -0.417. The van der Waals surface area contributed by atoms with Crippen LogP contribution in [-0.4, -0.2) is 35.8 Å². The first-order chi connectivity index (χ1) is 9.19. The van der Waals surface area contributed by atoms with Gasteiger partial charge in [-0.3, -0.25) is 0 Å². The molecule has 0 aliphatic heterocycles. The highest BCUT2D eigenvalue weighted by molar-refractivity contribution is 5.27. The van der Waals surface area contributed by atoms with E-state index in [1.165, 1.54) is 0 Å². The Morgan fingerprint density at radius 1 is 0.545 bits per heavy atom. The van der Waals surface area contributed by atoms with Gasteiger partial charge in [0.2, 0.25) is 0 Å². The molecule has 0 aromatic heterocycles. The zero-order valence-corrected chi connectivity index (χ0v) is 10.1. The van der Waals surface area contributed by atoms with Crippen LogP contribution in [0.1, 0.15) is 6.92 Å². The van der Waals surface area contributed by atoms with Gasteiger partial charge in [-0.1, -0.05) is 6.58 Å². The number of halogens is 13. The number of alkyl halides is 13. The average molecular weight is 360 g/mol. The highest BCUT2D eigenvalue weighted by atomic mass is 19.4. The van der Waals surface area contributed by atoms with Crippen molar-refractivity contribution in [2.45, 2.75) is 42.7 Å². The fourth-order valence-electron chi connectivity index (χ4n) is 1.32. The first-order valence-electron chi connectivity index (χ1n) is 4.81. The Morgan fingerprint density at radius 3 is 1.00 bits per heavy atom. The van der Waals surface area contributed by atoms with Gasteiger partial charge in [-0.25, -0.2) is 4.39 Å². The predicted octanol–water partition coefficient (Wildman–Crippen LogP) is 5.30. The van der Waals surface area contributed by atoms with Crippen molar-refractivity contribution in [1.29, 1.82) is 0 Å². The zero-order chi connectivity index (χ0) is 18.6. The predicted molar refractivity (Wildman–Crippen MR) is 45.6 cm³/mol. The van der Waals surface area contributed by atoms with Gasteiger partial charge in [-0.15, -0.1) is 0 Å². The molecule has 0 aromatic rings. The fourth-order valence-corrected chi connectivity index (χ4v) is 1.32. The molecule has 0 heterocycles. The quantitative estimate of drug-likeness (QED) is 0.471. The third kappa shape index (κ3) is 2.41.